The van der Waals surface area contributed by atoms with Crippen LogP contribution in [0.3, 0.4) is 0 Å². The average Bonchev–Trinajstić information content (AvgIpc) is 2.57. The van der Waals surface area contributed by atoms with E-state index in [0.717, 1.165) is 31.8 Å². The van der Waals surface area contributed by atoms with Gasteiger partial charge in [0.05, 0.1) is 13.2 Å². The predicted molar refractivity (Wildman–Crippen MR) is 78.0 cm³/mol. The van der Waals surface area contributed by atoms with Crippen molar-refractivity contribution < 1.29 is 4.74 Å². The fourth-order valence-electron chi connectivity index (χ4n) is 2.57. The lowest BCUT2D eigenvalue weighted by Gasteiger charge is -2.35. The molecule has 0 bridgehead atoms. The molecule has 1 fully saturated rings. The Hall–Kier alpha value is -0.380. The molecule has 0 saturated carbocycles. The molecular formula is C15H30N2O. The first-order valence-electron chi connectivity index (χ1n) is 7.31. The molecular weight excluding hydrogens is 224 g/mol. The van der Waals surface area contributed by atoms with E-state index in [9.17, 15) is 0 Å². The molecule has 1 N–H and O–H groups in total. The molecule has 106 valence electrons. The Bertz CT molecular complexity index is 249. The number of hydrogen-bond donors (Lipinski definition) is 1. The van der Waals surface area contributed by atoms with Crippen LogP contribution in [0.1, 0.15) is 40.0 Å². The maximum absolute atomic E-state index is 5.61. The minimum absolute atomic E-state index is 0.310. The van der Waals surface area contributed by atoms with E-state index in [1.165, 1.54) is 25.8 Å². The van der Waals surface area contributed by atoms with Gasteiger partial charge in [-0.3, -0.25) is 4.90 Å². The van der Waals surface area contributed by atoms with Crippen LogP contribution in [0.2, 0.25) is 0 Å². The summed E-state index contributed by atoms with van der Waals surface area (Å²) in [4.78, 5) is 2.55. The summed E-state index contributed by atoms with van der Waals surface area (Å²) in [6.45, 7) is 16.5. The number of rotatable bonds is 7. The molecule has 0 unspecified atom stereocenters. The van der Waals surface area contributed by atoms with E-state index < -0.39 is 0 Å². The molecule has 0 amide bonds. The highest BCUT2D eigenvalue weighted by Crippen LogP contribution is 2.19. The molecule has 0 spiro atoms. The van der Waals surface area contributed by atoms with Gasteiger partial charge >= 0.3 is 0 Å². The summed E-state index contributed by atoms with van der Waals surface area (Å²) >= 11 is 0. The van der Waals surface area contributed by atoms with Crippen LogP contribution in [0.15, 0.2) is 12.2 Å². The second kappa shape index (κ2) is 7.93. The third-order valence-corrected chi connectivity index (χ3v) is 3.93. The first kappa shape index (κ1) is 15.7. The van der Waals surface area contributed by atoms with Gasteiger partial charge in [-0.2, -0.15) is 0 Å². The SMILES string of the molecule is C=C(C)COCCN1CCCNC(CC)(CC)C1. The van der Waals surface area contributed by atoms with Gasteiger partial charge in [0.25, 0.3) is 0 Å². The third-order valence-electron chi connectivity index (χ3n) is 3.93. The van der Waals surface area contributed by atoms with Gasteiger partial charge in [0.2, 0.25) is 0 Å². The van der Waals surface area contributed by atoms with Gasteiger partial charge in [0.15, 0.2) is 0 Å². The molecule has 1 aliphatic heterocycles. The number of ether oxygens (including phenoxy) is 1. The molecule has 1 heterocycles. The largest absolute Gasteiger partial charge is 0.376 e. The molecule has 0 radical (unpaired) electrons. The maximum Gasteiger partial charge on any atom is 0.0672 e. The molecule has 1 rings (SSSR count). The van der Waals surface area contributed by atoms with Crippen LogP contribution >= 0.6 is 0 Å². The Labute approximate surface area is 113 Å². The zero-order chi connectivity index (χ0) is 13.4. The van der Waals surface area contributed by atoms with E-state index >= 15 is 0 Å². The molecule has 0 aromatic carbocycles. The minimum Gasteiger partial charge on any atom is -0.376 e. The van der Waals surface area contributed by atoms with Crippen molar-refractivity contribution >= 4 is 0 Å². The summed E-state index contributed by atoms with van der Waals surface area (Å²) in [6, 6.07) is 0. The summed E-state index contributed by atoms with van der Waals surface area (Å²) in [5.41, 5.74) is 1.41. The molecule has 0 aliphatic carbocycles. The zero-order valence-electron chi connectivity index (χ0n) is 12.4. The Balaban J connectivity index is 2.37. The van der Waals surface area contributed by atoms with E-state index in [-0.39, 0.29) is 0 Å². The Morgan fingerprint density at radius 2 is 2.11 bits per heavy atom. The summed E-state index contributed by atoms with van der Waals surface area (Å²) in [7, 11) is 0. The number of hydrogen-bond acceptors (Lipinski definition) is 3. The first-order chi connectivity index (χ1) is 8.62. The van der Waals surface area contributed by atoms with Crippen molar-refractivity contribution in [1.82, 2.24) is 10.2 Å². The quantitative estimate of drug-likeness (QED) is 0.558. The molecule has 0 aromatic rings. The highest BCUT2D eigenvalue weighted by molar-refractivity contribution is 4.91. The second-order valence-corrected chi connectivity index (χ2v) is 5.55. The van der Waals surface area contributed by atoms with Crippen LogP contribution in [0, 0.1) is 0 Å². The standard InChI is InChI=1S/C15H30N2O/c1-5-15(6-2)13-17(9-7-8-16-15)10-11-18-12-14(3)4/h16H,3,5-13H2,1-2,4H3. The summed E-state index contributed by atoms with van der Waals surface area (Å²) in [5.74, 6) is 0. The van der Waals surface area contributed by atoms with Crippen molar-refractivity contribution in [1.29, 1.82) is 0 Å². The van der Waals surface area contributed by atoms with Crippen LogP contribution in [-0.4, -0.2) is 49.8 Å². The van der Waals surface area contributed by atoms with E-state index in [4.69, 9.17) is 4.74 Å². The van der Waals surface area contributed by atoms with Crippen LogP contribution in [0.25, 0.3) is 0 Å². The highest BCUT2D eigenvalue weighted by atomic mass is 16.5. The van der Waals surface area contributed by atoms with E-state index in [1.807, 2.05) is 6.92 Å². The molecule has 1 aliphatic rings. The van der Waals surface area contributed by atoms with Gasteiger partial charge in [-0.25, -0.2) is 0 Å². The average molecular weight is 254 g/mol. The van der Waals surface area contributed by atoms with Crippen molar-refractivity contribution in [2.24, 2.45) is 0 Å². The fraction of sp³-hybridized carbons (Fsp3) is 0.867. The molecule has 0 atom stereocenters. The van der Waals surface area contributed by atoms with E-state index in [1.54, 1.807) is 0 Å². The lowest BCUT2D eigenvalue weighted by atomic mass is 9.92. The summed E-state index contributed by atoms with van der Waals surface area (Å²) in [6.07, 6.45) is 3.64. The normalized spacial score (nSPS) is 20.6. The lowest BCUT2D eigenvalue weighted by Crippen LogP contribution is -2.51. The molecule has 0 aromatic heterocycles. The summed E-state index contributed by atoms with van der Waals surface area (Å²) in [5, 5.41) is 3.74. The van der Waals surface area contributed by atoms with E-state index in [2.05, 4.69) is 30.6 Å². The zero-order valence-corrected chi connectivity index (χ0v) is 12.4. The number of nitrogens with one attached hydrogen (secondary N) is 1. The minimum atomic E-state index is 0.310. The highest BCUT2D eigenvalue weighted by Gasteiger charge is 2.29. The smallest absolute Gasteiger partial charge is 0.0672 e. The van der Waals surface area contributed by atoms with Crippen molar-refractivity contribution in [3.8, 4) is 0 Å². The van der Waals surface area contributed by atoms with Crippen molar-refractivity contribution in [2.45, 2.75) is 45.6 Å². The topological polar surface area (TPSA) is 24.5 Å². The predicted octanol–water partition coefficient (Wildman–Crippen LogP) is 2.43. The molecule has 3 heteroatoms. The number of nitrogens with zero attached hydrogens (tertiary/aromatic N) is 1. The van der Waals surface area contributed by atoms with Crippen molar-refractivity contribution in [3.63, 3.8) is 0 Å². The molecule has 3 nitrogen and oxygen atoms in total. The molecule has 18 heavy (non-hydrogen) atoms. The Morgan fingerprint density at radius 3 is 2.72 bits per heavy atom. The fourth-order valence-corrected chi connectivity index (χ4v) is 2.57. The third kappa shape index (κ3) is 5.09. The summed E-state index contributed by atoms with van der Waals surface area (Å²) < 4.78 is 5.61. The molecule has 1 saturated heterocycles. The van der Waals surface area contributed by atoms with Gasteiger partial charge in [0.1, 0.15) is 0 Å². The van der Waals surface area contributed by atoms with Gasteiger partial charge in [-0.05, 0) is 39.3 Å². The lowest BCUT2D eigenvalue weighted by molar-refractivity contribution is 0.108. The maximum atomic E-state index is 5.61. The van der Waals surface area contributed by atoms with Crippen LogP contribution < -0.4 is 5.32 Å². The Morgan fingerprint density at radius 1 is 1.39 bits per heavy atom. The van der Waals surface area contributed by atoms with Gasteiger partial charge in [-0.1, -0.05) is 26.0 Å². The van der Waals surface area contributed by atoms with Gasteiger partial charge in [0, 0.05) is 18.6 Å². The van der Waals surface area contributed by atoms with Crippen molar-refractivity contribution in [2.75, 3.05) is 39.4 Å². The van der Waals surface area contributed by atoms with Gasteiger partial charge < -0.3 is 10.1 Å². The second-order valence-electron chi connectivity index (χ2n) is 5.55. The van der Waals surface area contributed by atoms with Crippen LogP contribution in [-0.2, 0) is 4.74 Å². The monoisotopic (exact) mass is 254 g/mol. The van der Waals surface area contributed by atoms with E-state index in [0.29, 0.717) is 12.1 Å². The Kier molecular flexibility index (Phi) is 6.90. The van der Waals surface area contributed by atoms with Crippen molar-refractivity contribution in [3.05, 3.63) is 12.2 Å². The van der Waals surface area contributed by atoms with Crippen LogP contribution in [0.4, 0.5) is 0 Å². The van der Waals surface area contributed by atoms with Gasteiger partial charge in [-0.15, -0.1) is 0 Å². The first-order valence-corrected chi connectivity index (χ1v) is 7.31. The van der Waals surface area contributed by atoms with Crippen LogP contribution in [0.5, 0.6) is 0 Å².